The van der Waals surface area contributed by atoms with Crippen molar-refractivity contribution < 1.29 is 8.78 Å². The van der Waals surface area contributed by atoms with E-state index >= 15 is 0 Å². The second-order valence-electron chi connectivity index (χ2n) is 5.07. The monoisotopic (exact) mass is 302 g/mol. The number of benzene rings is 1. The van der Waals surface area contributed by atoms with Gasteiger partial charge in [-0.25, -0.2) is 8.78 Å². The third-order valence-electron chi connectivity index (χ3n) is 3.81. The average Bonchev–Trinajstić information content (AvgIpc) is 2.35. The van der Waals surface area contributed by atoms with E-state index in [1.54, 1.807) is 0 Å². The van der Waals surface area contributed by atoms with E-state index < -0.39 is 11.6 Å². The van der Waals surface area contributed by atoms with E-state index in [0.717, 1.165) is 18.2 Å². The molecule has 0 bridgehead atoms. The zero-order chi connectivity index (χ0) is 12.3. The Balaban J connectivity index is 2.23. The van der Waals surface area contributed by atoms with Crippen LogP contribution in [0.5, 0.6) is 0 Å². The lowest BCUT2D eigenvalue weighted by molar-refractivity contribution is 0.218. The van der Waals surface area contributed by atoms with Crippen LogP contribution in [0.25, 0.3) is 0 Å². The highest BCUT2D eigenvalue weighted by molar-refractivity contribution is 9.09. The molecule has 1 fully saturated rings. The second kappa shape index (κ2) is 5.47. The number of rotatable bonds is 3. The summed E-state index contributed by atoms with van der Waals surface area (Å²) in [6, 6.07) is 4.13. The van der Waals surface area contributed by atoms with Crippen LogP contribution in [0.4, 0.5) is 8.78 Å². The molecule has 1 aliphatic carbocycles. The molecule has 0 aliphatic heterocycles. The van der Waals surface area contributed by atoms with Crippen LogP contribution < -0.4 is 0 Å². The molecule has 94 valence electrons. The van der Waals surface area contributed by atoms with E-state index in [-0.39, 0.29) is 11.0 Å². The van der Waals surface area contributed by atoms with E-state index in [1.165, 1.54) is 37.5 Å². The van der Waals surface area contributed by atoms with Gasteiger partial charge >= 0.3 is 0 Å². The molecule has 0 amide bonds. The van der Waals surface area contributed by atoms with Crippen molar-refractivity contribution in [2.75, 3.05) is 5.33 Å². The van der Waals surface area contributed by atoms with Gasteiger partial charge in [-0.3, -0.25) is 0 Å². The fourth-order valence-electron chi connectivity index (χ4n) is 2.74. The van der Waals surface area contributed by atoms with Crippen LogP contribution in [-0.4, -0.2) is 5.33 Å². The second-order valence-corrected chi connectivity index (χ2v) is 5.63. The van der Waals surface area contributed by atoms with E-state index in [9.17, 15) is 8.78 Å². The first-order valence-corrected chi connectivity index (χ1v) is 7.28. The first kappa shape index (κ1) is 13.0. The summed E-state index contributed by atoms with van der Waals surface area (Å²) in [5, 5.41) is 0.827. The van der Waals surface area contributed by atoms with Gasteiger partial charge < -0.3 is 0 Å². The van der Waals surface area contributed by atoms with Crippen LogP contribution >= 0.6 is 15.9 Å². The Labute approximate surface area is 110 Å². The van der Waals surface area contributed by atoms with Crippen molar-refractivity contribution in [3.8, 4) is 0 Å². The van der Waals surface area contributed by atoms with Crippen molar-refractivity contribution >= 4 is 15.9 Å². The van der Waals surface area contributed by atoms with Crippen molar-refractivity contribution in [3.63, 3.8) is 0 Å². The van der Waals surface area contributed by atoms with Crippen LogP contribution in [0, 0.1) is 17.0 Å². The van der Waals surface area contributed by atoms with Gasteiger partial charge in [0.1, 0.15) is 11.6 Å². The summed E-state index contributed by atoms with van der Waals surface area (Å²) in [5.41, 5.74) is 0.301. The Kier molecular flexibility index (Phi) is 4.18. The molecular formula is C14H17BrF2. The van der Waals surface area contributed by atoms with E-state index in [0.29, 0.717) is 6.42 Å². The molecule has 0 atom stereocenters. The summed E-state index contributed by atoms with van der Waals surface area (Å²) in [4.78, 5) is 0. The predicted octanol–water partition coefficient (Wildman–Crippen LogP) is 4.85. The minimum absolute atomic E-state index is 0.0429. The smallest absolute Gasteiger partial charge is 0.129 e. The molecule has 0 heterocycles. The molecule has 1 saturated carbocycles. The summed E-state index contributed by atoms with van der Waals surface area (Å²) < 4.78 is 27.3. The minimum atomic E-state index is -0.407. The topological polar surface area (TPSA) is 0 Å². The number of hydrogen-bond donors (Lipinski definition) is 0. The van der Waals surface area contributed by atoms with Gasteiger partial charge in [-0.05, 0) is 36.8 Å². The van der Waals surface area contributed by atoms with Gasteiger partial charge in [0.25, 0.3) is 0 Å². The van der Waals surface area contributed by atoms with Gasteiger partial charge in [0.2, 0.25) is 0 Å². The highest BCUT2D eigenvalue weighted by Crippen LogP contribution is 2.41. The van der Waals surface area contributed by atoms with Gasteiger partial charge in [-0.1, -0.05) is 41.3 Å². The first-order valence-electron chi connectivity index (χ1n) is 6.16. The number of alkyl halides is 1. The van der Waals surface area contributed by atoms with Gasteiger partial charge in [-0.15, -0.1) is 0 Å². The van der Waals surface area contributed by atoms with Crippen molar-refractivity contribution in [2.24, 2.45) is 5.41 Å². The normalized spacial score (nSPS) is 19.2. The average molecular weight is 303 g/mol. The molecule has 17 heavy (non-hydrogen) atoms. The molecular weight excluding hydrogens is 286 g/mol. The Hall–Kier alpha value is -0.440. The van der Waals surface area contributed by atoms with Gasteiger partial charge in [-0.2, -0.15) is 0 Å². The SMILES string of the molecule is Fc1cccc(F)c1CC1(CBr)CCCCC1. The lowest BCUT2D eigenvalue weighted by Gasteiger charge is -2.36. The molecule has 1 aliphatic rings. The maximum absolute atomic E-state index is 13.7. The largest absolute Gasteiger partial charge is 0.207 e. The molecule has 3 heteroatoms. The van der Waals surface area contributed by atoms with Crippen LogP contribution in [0.1, 0.15) is 37.7 Å². The third kappa shape index (κ3) is 2.87. The highest BCUT2D eigenvalue weighted by Gasteiger charge is 2.32. The molecule has 0 unspecified atom stereocenters. The van der Waals surface area contributed by atoms with E-state index in [4.69, 9.17) is 0 Å². The Bertz CT molecular complexity index is 364. The first-order chi connectivity index (χ1) is 8.17. The summed E-state index contributed by atoms with van der Waals surface area (Å²) in [7, 11) is 0. The van der Waals surface area contributed by atoms with Crippen molar-refractivity contribution in [2.45, 2.75) is 38.5 Å². The van der Waals surface area contributed by atoms with Crippen molar-refractivity contribution in [1.82, 2.24) is 0 Å². The molecule has 1 aromatic carbocycles. The molecule has 0 radical (unpaired) electrons. The van der Waals surface area contributed by atoms with Crippen molar-refractivity contribution in [1.29, 1.82) is 0 Å². The Morgan fingerprint density at radius 2 is 1.65 bits per heavy atom. The number of halogens is 3. The Morgan fingerprint density at radius 3 is 2.18 bits per heavy atom. The van der Waals surface area contributed by atoms with Crippen LogP contribution in [0.2, 0.25) is 0 Å². The third-order valence-corrected chi connectivity index (χ3v) is 5.00. The molecule has 0 aromatic heterocycles. The van der Waals surface area contributed by atoms with Crippen LogP contribution in [0.15, 0.2) is 18.2 Å². The van der Waals surface area contributed by atoms with Gasteiger partial charge in [0.15, 0.2) is 0 Å². The van der Waals surface area contributed by atoms with Gasteiger partial charge in [0.05, 0.1) is 0 Å². The van der Waals surface area contributed by atoms with Gasteiger partial charge in [0, 0.05) is 10.9 Å². The van der Waals surface area contributed by atoms with E-state index in [1.807, 2.05) is 0 Å². The Morgan fingerprint density at radius 1 is 1.06 bits per heavy atom. The fraction of sp³-hybridized carbons (Fsp3) is 0.571. The quantitative estimate of drug-likeness (QED) is 0.700. The molecule has 1 aromatic rings. The van der Waals surface area contributed by atoms with E-state index in [2.05, 4.69) is 15.9 Å². The van der Waals surface area contributed by atoms with Crippen LogP contribution in [-0.2, 0) is 6.42 Å². The molecule has 2 rings (SSSR count). The zero-order valence-corrected chi connectivity index (χ0v) is 11.4. The molecule has 0 nitrogen and oxygen atoms in total. The van der Waals surface area contributed by atoms with Crippen molar-refractivity contribution in [3.05, 3.63) is 35.4 Å². The summed E-state index contributed by atoms with van der Waals surface area (Å²) in [6.07, 6.45) is 6.21. The standard InChI is InChI=1S/C14H17BrF2/c15-10-14(7-2-1-3-8-14)9-11-12(16)5-4-6-13(11)17/h4-6H,1-3,7-10H2. The summed E-state index contributed by atoms with van der Waals surface area (Å²) in [6.45, 7) is 0. The lowest BCUT2D eigenvalue weighted by atomic mass is 9.72. The molecule has 0 saturated heterocycles. The summed E-state index contributed by atoms with van der Waals surface area (Å²) >= 11 is 3.53. The lowest BCUT2D eigenvalue weighted by Crippen LogP contribution is -2.29. The minimum Gasteiger partial charge on any atom is -0.207 e. The molecule has 0 spiro atoms. The summed E-state index contributed by atoms with van der Waals surface area (Å²) in [5.74, 6) is -0.813. The maximum atomic E-state index is 13.7. The fourth-order valence-corrected chi connectivity index (χ4v) is 3.49. The zero-order valence-electron chi connectivity index (χ0n) is 9.82. The molecule has 0 N–H and O–H groups in total. The maximum Gasteiger partial charge on any atom is 0.129 e. The predicted molar refractivity (Wildman–Crippen MR) is 69.4 cm³/mol. The highest BCUT2D eigenvalue weighted by atomic mass is 79.9. The van der Waals surface area contributed by atoms with Crippen LogP contribution in [0.3, 0.4) is 0 Å². The number of hydrogen-bond acceptors (Lipinski definition) is 0.